The zero-order valence-electron chi connectivity index (χ0n) is 10.1. The van der Waals surface area contributed by atoms with Gasteiger partial charge >= 0.3 is 0 Å². The summed E-state index contributed by atoms with van der Waals surface area (Å²) in [4.78, 5) is 2.48. The van der Waals surface area contributed by atoms with E-state index in [1.54, 1.807) is 0 Å². The van der Waals surface area contributed by atoms with Crippen LogP contribution in [0.4, 0.5) is 5.69 Å². The molecule has 0 aliphatic carbocycles. The number of aryl methyl sites for hydroxylation is 1. The Morgan fingerprint density at radius 2 is 2.31 bits per heavy atom. The molecule has 1 unspecified atom stereocenters. The highest BCUT2D eigenvalue weighted by Gasteiger charge is 2.18. The predicted octanol–water partition coefficient (Wildman–Crippen LogP) is 2.40. The fraction of sp³-hybridized carbons (Fsp3) is 0.538. The van der Waals surface area contributed by atoms with Gasteiger partial charge in [0.1, 0.15) is 0 Å². The van der Waals surface area contributed by atoms with E-state index in [1.807, 2.05) is 0 Å². The van der Waals surface area contributed by atoms with Gasteiger partial charge in [0.2, 0.25) is 0 Å². The Morgan fingerprint density at radius 1 is 1.50 bits per heavy atom. The summed E-state index contributed by atoms with van der Waals surface area (Å²) in [6, 6.07) is 6.58. The largest absolute Gasteiger partial charge is 0.369 e. The van der Waals surface area contributed by atoms with E-state index < -0.39 is 0 Å². The van der Waals surface area contributed by atoms with Crippen LogP contribution in [0.5, 0.6) is 0 Å². The molecule has 2 nitrogen and oxygen atoms in total. The minimum absolute atomic E-state index is 0.633. The van der Waals surface area contributed by atoms with Gasteiger partial charge < -0.3 is 10.6 Å². The Balaban J connectivity index is 2.26. The van der Waals surface area contributed by atoms with Crippen molar-refractivity contribution in [3.8, 4) is 0 Å². The molecule has 1 aromatic carbocycles. The van der Waals surface area contributed by atoms with Crippen LogP contribution in [-0.2, 0) is 6.54 Å². The lowest BCUT2D eigenvalue weighted by Crippen LogP contribution is -2.37. The van der Waals surface area contributed by atoms with Crippen molar-refractivity contribution in [1.82, 2.24) is 0 Å². The summed E-state index contributed by atoms with van der Waals surface area (Å²) < 4.78 is 0. The number of benzene rings is 1. The van der Waals surface area contributed by atoms with Crippen LogP contribution < -0.4 is 10.6 Å². The van der Waals surface area contributed by atoms with Crippen molar-refractivity contribution in [2.75, 3.05) is 23.7 Å². The number of anilines is 1. The first-order valence-electron chi connectivity index (χ1n) is 5.87. The van der Waals surface area contributed by atoms with Gasteiger partial charge in [0.25, 0.3) is 0 Å². The van der Waals surface area contributed by atoms with Gasteiger partial charge in [-0.2, -0.15) is 11.8 Å². The highest BCUT2D eigenvalue weighted by Crippen LogP contribution is 2.27. The Morgan fingerprint density at radius 3 is 3.00 bits per heavy atom. The van der Waals surface area contributed by atoms with Crippen molar-refractivity contribution < 1.29 is 0 Å². The molecule has 2 rings (SSSR count). The molecule has 0 amide bonds. The van der Waals surface area contributed by atoms with Gasteiger partial charge in [0.15, 0.2) is 0 Å². The summed E-state index contributed by atoms with van der Waals surface area (Å²) in [6.45, 7) is 7.36. The summed E-state index contributed by atoms with van der Waals surface area (Å²) in [7, 11) is 0. The zero-order chi connectivity index (χ0) is 11.5. The second kappa shape index (κ2) is 5.11. The molecule has 1 aliphatic heterocycles. The topological polar surface area (TPSA) is 29.3 Å². The Labute approximate surface area is 102 Å². The lowest BCUT2D eigenvalue weighted by Gasteiger charge is -2.34. The summed E-state index contributed by atoms with van der Waals surface area (Å²) >= 11 is 2.06. The second-order valence-corrected chi connectivity index (χ2v) is 6.01. The fourth-order valence-electron chi connectivity index (χ4n) is 2.18. The smallest absolute Gasteiger partial charge is 0.0415 e. The van der Waals surface area contributed by atoms with E-state index in [1.165, 1.54) is 22.6 Å². The van der Waals surface area contributed by atoms with Gasteiger partial charge in [-0.15, -0.1) is 0 Å². The number of hydrogen-bond acceptors (Lipinski definition) is 3. The molecule has 0 bridgehead atoms. The standard InChI is InChI=1S/C13H20N2S/c1-10-3-4-12(8-14)13(7-10)15-5-6-16-11(2)9-15/h3-4,7,11H,5-6,8-9,14H2,1-2H3. The quantitative estimate of drug-likeness (QED) is 0.855. The van der Waals surface area contributed by atoms with Crippen molar-refractivity contribution in [2.45, 2.75) is 25.6 Å². The van der Waals surface area contributed by atoms with Crippen molar-refractivity contribution >= 4 is 17.4 Å². The molecule has 16 heavy (non-hydrogen) atoms. The van der Waals surface area contributed by atoms with Crippen molar-refractivity contribution in [3.05, 3.63) is 29.3 Å². The minimum Gasteiger partial charge on any atom is -0.369 e. The van der Waals surface area contributed by atoms with Crippen LogP contribution in [0.3, 0.4) is 0 Å². The van der Waals surface area contributed by atoms with Crippen LogP contribution in [0.25, 0.3) is 0 Å². The first kappa shape index (κ1) is 11.8. The van der Waals surface area contributed by atoms with Gasteiger partial charge in [0.05, 0.1) is 0 Å². The highest BCUT2D eigenvalue weighted by atomic mass is 32.2. The van der Waals surface area contributed by atoms with Crippen LogP contribution in [0, 0.1) is 6.92 Å². The molecule has 1 atom stereocenters. The maximum Gasteiger partial charge on any atom is 0.0415 e. The van der Waals surface area contributed by atoms with E-state index in [-0.39, 0.29) is 0 Å². The van der Waals surface area contributed by atoms with Crippen LogP contribution >= 0.6 is 11.8 Å². The van der Waals surface area contributed by atoms with E-state index in [4.69, 9.17) is 5.73 Å². The van der Waals surface area contributed by atoms with E-state index in [0.717, 1.165) is 18.3 Å². The average Bonchev–Trinajstić information content (AvgIpc) is 2.29. The molecule has 2 N–H and O–H groups in total. The van der Waals surface area contributed by atoms with E-state index in [9.17, 15) is 0 Å². The first-order chi connectivity index (χ1) is 7.70. The van der Waals surface area contributed by atoms with Crippen LogP contribution in [0.15, 0.2) is 18.2 Å². The molecule has 1 fully saturated rings. The van der Waals surface area contributed by atoms with Crippen LogP contribution in [0.1, 0.15) is 18.1 Å². The van der Waals surface area contributed by atoms with E-state index in [2.05, 4.69) is 48.7 Å². The second-order valence-electron chi connectivity index (χ2n) is 4.46. The molecule has 3 heteroatoms. The number of nitrogens with two attached hydrogens (primary N) is 1. The predicted molar refractivity (Wildman–Crippen MR) is 73.2 cm³/mol. The molecule has 1 heterocycles. The fourth-order valence-corrected chi connectivity index (χ4v) is 3.19. The maximum atomic E-state index is 5.81. The number of thioether (sulfide) groups is 1. The number of nitrogens with zero attached hydrogens (tertiary/aromatic N) is 1. The van der Waals surface area contributed by atoms with E-state index >= 15 is 0 Å². The van der Waals surface area contributed by atoms with Crippen LogP contribution in [-0.4, -0.2) is 24.1 Å². The maximum absolute atomic E-state index is 5.81. The molecule has 0 radical (unpaired) electrons. The van der Waals surface area contributed by atoms with Gasteiger partial charge in [-0.1, -0.05) is 19.1 Å². The third-order valence-corrected chi connectivity index (χ3v) is 4.18. The molecule has 0 aromatic heterocycles. The monoisotopic (exact) mass is 236 g/mol. The molecule has 1 aliphatic rings. The molecule has 0 saturated carbocycles. The SMILES string of the molecule is Cc1ccc(CN)c(N2CCSC(C)C2)c1. The summed E-state index contributed by atoms with van der Waals surface area (Å²) in [5.74, 6) is 1.22. The third-order valence-electron chi connectivity index (χ3n) is 3.04. The average molecular weight is 236 g/mol. The Bertz CT molecular complexity index is 365. The zero-order valence-corrected chi connectivity index (χ0v) is 10.9. The molecule has 88 valence electrons. The third kappa shape index (κ3) is 2.53. The van der Waals surface area contributed by atoms with Crippen molar-refractivity contribution in [2.24, 2.45) is 5.73 Å². The van der Waals surface area contributed by atoms with E-state index in [0.29, 0.717) is 6.54 Å². The number of rotatable bonds is 2. The highest BCUT2D eigenvalue weighted by molar-refractivity contribution is 8.00. The van der Waals surface area contributed by atoms with Crippen molar-refractivity contribution in [1.29, 1.82) is 0 Å². The van der Waals surface area contributed by atoms with Crippen LogP contribution in [0.2, 0.25) is 0 Å². The molecule has 0 spiro atoms. The normalized spacial score (nSPS) is 21.2. The molecule has 1 saturated heterocycles. The van der Waals surface area contributed by atoms with Gasteiger partial charge in [-0.05, 0) is 24.1 Å². The van der Waals surface area contributed by atoms with Gasteiger partial charge in [-0.25, -0.2) is 0 Å². The first-order valence-corrected chi connectivity index (χ1v) is 6.91. The lowest BCUT2D eigenvalue weighted by atomic mass is 10.1. The molecular formula is C13H20N2S. The Hall–Kier alpha value is -0.670. The summed E-state index contributed by atoms with van der Waals surface area (Å²) in [5.41, 5.74) is 9.74. The lowest BCUT2D eigenvalue weighted by molar-refractivity contribution is 0.776. The summed E-state index contributed by atoms with van der Waals surface area (Å²) in [5, 5.41) is 0.722. The Kier molecular flexibility index (Phi) is 3.77. The van der Waals surface area contributed by atoms with Gasteiger partial charge in [-0.3, -0.25) is 0 Å². The summed E-state index contributed by atoms with van der Waals surface area (Å²) in [6.07, 6.45) is 0. The van der Waals surface area contributed by atoms with Gasteiger partial charge in [0, 0.05) is 36.3 Å². The number of hydrogen-bond donors (Lipinski definition) is 1. The molecule has 1 aromatic rings. The minimum atomic E-state index is 0.633. The molecular weight excluding hydrogens is 216 g/mol. The van der Waals surface area contributed by atoms with Crippen molar-refractivity contribution in [3.63, 3.8) is 0 Å².